The van der Waals surface area contributed by atoms with Crippen molar-refractivity contribution in [2.75, 3.05) is 13.1 Å². The molecule has 2 aromatic carbocycles. The average molecular weight is 362 g/mol. The normalized spacial score (nSPS) is 15.9. The van der Waals surface area contributed by atoms with Crippen LogP contribution in [-0.4, -0.2) is 34.0 Å². The highest BCUT2D eigenvalue weighted by Gasteiger charge is 2.27. The Hall–Kier alpha value is -3.05. The van der Waals surface area contributed by atoms with Gasteiger partial charge in [-0.3, -0.25) is 4.90 Å². The van der Waals surface area contributed by atoms with Crippen LogP contribution in [-0.2, 0) is 6.54 Å². The molecule has 1 N–H and O–H groups in total. The summed E-state index contributed by atoms with van der Waals surface area (Å²) < 4.78 is 13.2. The number of para-hydroxylation sites is 1. The van der Waals surface area contributed by atoms with Crippen molar-refractivity contribution in [1.29, 1.82) is 0 Å². The molecule has 27 heavy (non-hydrogen) atoms. The third-order valence-corrected chi connectivity index (χ3v) is 4.95. The van der Waals surface area contributed by atoms with Gasteiger partial charge in [-0.2, -0.15) is 0 Å². The summed E-state index contributed by atoms with van der Waals surface area (Å²) in [4.78, 5) is 19.0. The van der Waals surface area contributed by atoms with E-state index in [4.69, 9.17) is 4.98 Å². The number of hydrogen-bond acceptors (Lipinski definition) is 3. The molecule has 0 spiro atoms. The number of aromatic nitrogens is 1. The number of fused-ring (bicyclic) bond motifs is 2. The summed E-state index contributed by atoms with van der Waals surface area (Å²) in [5.74, 6) is -1.22. The lowest BCUT2D eigenvalue weighted by Crippen LogP contribution is -2.31. The van der Waals surface area contributed by atoms with Gasteiger partial charge in [0.15, 0.2) is 0 Å². The van der Waals surface area contributed by atoms with E-state index < -0.39 is 5.97 Å². The zero-order valence-corrected chi connectivity index (χ0v) is 14.9. The van der Waals surface area contributed by atoms with Crippen molar-refractivity contribution in [3.8, 4) is 0 Å². The van der Waals surface area contributed by atoms with Crippen LogP contribution in [0.5, 0.6) is 0 Å². The average Bonchev–Trinajstić information content (AvgIpc) is 2.67. The topological polar surface area (TPSA) is 53.4 Å². The van der Waals surface area contributed by atoms with Gasteiger partial charge in [-0.25, -0.2) is 14.2 Å². The molecule has 0 saturated heterocycles. The van der Waals surface area contributed by atoms with Crippen LogP contribution >= 0.6 is 0 Å². The molecule has 1 aromatic heterocycles. The minimum atomic E-state index is -0.941. The van der Waals surface area contributed by atoms with E-state index in [-0.39, 0.29) is 5.82 Å². The number of nitrogens with zero attached hydrogens (tertiary/aromatic N) is 2. The van der Waals surface area contributed by atoms with Gasteiger partial charge in [0.2, 0.25) is 0 Å². The van der Waals surface area contributed by atoms with Crippen molar-refractivity contribution < 1.29 is 14.3 Å². The van der Waals surface area contributed by atoms with Crippen molar-refractivity contribution >= 4 is 28.5 Å². The molecular weight excluding hydrogens is 343 g/mol. The van der Waals surface area contributed by atoms with Crippen molar-refractivity contribution in [3.63, 3.8) is 0 Å². The van der Waals surface area contributed by atoms with Crippen molar-refractivity contribution in [1.82, 2.24) is 9.88 Å². The van der Waals surface area contributed by atoms with Crippen LogP contribution in [0.3, 0.4) is 0 Å². The lowest BCUT2D eigenvalue weighted by molar-refractivity contribution is 0.0696. The predicted octanol–water partition coefficient (Wildman–Crippen LogP) is 4.45. The van der Waals surface area contributed by atoms with E-state index >= 15 is 0 Å². The van der Waals surface area contributed by atoms with E-state index in [1.54, 1.807) is 18.2 Å². The summed E-state index contributed by atoms with van der Waals surface area (Å²) in [5.41, 5.74) is 4.25. The first kappa shape index (κ1) is 17.4. The Morgan fingerprint density at radius 1 is 1.19 bits per heavy atom. The summed E-state index contributed by atoms with van der Waals surface area (Å²) in [7, 11) is 0. The van der Waals surface area contributed by atoms with Gasteiger partial charge in [0.05, 0.1) is 16.8 Å². The van der Waals surface area contributed by atoms with E-state index in [0.29, 0.717) is 29.6 Å². The Balaban J connectivity index is 1.97. The molecule has 0 fully saturated rings. The van der Waals surface area contributed by atoms with Gasteiger partial charge < -0.3 is 5.11 Å². The Morgan fingerprint density at radius 2 is 1.93 bits per heavy atom. The van der Waals surface area contributed by atoms with Crippen LogP contribution in [0.4, 0.5) is 4.39 Å². The Labute approximate surface area is 156 Å². The SMILES string of the molecule is CCN1CC(=Cc2ccc(F)cc2)c2nc3ccccc3c(C(=O)O)c2C1. The van der Waals surface area contributed by atoms with Gasteiger partial charge >= 0.3 is 5.97 Å². The van der Waals surface area contributed by atoms with Gasteiger partial charge in [0, 0.05) is 24.0 Å². The highest BCUT2D eigenvalue weighted by molar-refractivity contribution is 6.06. The fourth-order valence-corrected chi connectivity index (χ4v) is 3.61. The maximum atomic E-state index is 13.2. The molecule has 0 radical (unpaired) electrons. The third kappa shape index (κ3) is 3.22. The third-order valence-electron chi connectivity index (χ3n) is 4.95. The number of carboxylic acids is 1. The molecule has 4 nitrogen and oxygen atoms in total. The zero-order chi connectivity index (χ0) is 19.0. The van der Waals surface area contributed by atoms with Crippen molar-refractivity contribution in [2.24, 2.45) is 0 Å². The first-order valence-corrected chi connectivity index (χ1v) is 8.90. The van der Waals surface area contributed by atoms with Gasteiger partial charge in [-0.15, -0.1) is 0 Å². The van der Waals surface area contributed by atoms with Crippen molar-refractivity contribution in [3.05, 3.63) is 76.7 Å². The lowest BCUT2D eigenvalue weighted by Gasteiger charge is -2.30. The van der Waals surface area contributed by atoms with E-state index in [1.807, 2.05) is 24.3 Å². The smallest absolute Gasteiger partial charge is 0.336 e. The molecule has 0 aliphatic carbocycles. The number of carbonyl (C=O) groups is 1. The molecule has 4 rings (SSSR count). The van der Waals surface area contributed by atoms with Crippen LogP contribution in [0.15, 0.2) is 48.5 Å². The van der Waals surface area contributed by atoms with Crippen molar-refractivity contribution in [2.45, 2.75) is 13.5 Å². The summed E-state index contributed by atoms with van der Waals surface area (Å²) in [6, 6.07) is 13.6. The number of benzene rings is 2. The molecule has 2 heterocycles. The van der Waals surface area contributed by atoms with E-state index in [1.165, 1.54) is 12.1 Å². The molecule has 0 bridgehead atoms. The maximum absolute atomic E-state index is 13.2. The molecule has 0 unspecified atom stereocenters. The highest BCUT2D eigenvalue weighted by Crippen LogP contribution is 2.33. The Bertz CT molecular complexity index is 1060. The largest absolute Gasteiger partial charge is 0.478 e. The second kappa shape index (κ2) is 6.93. The highest BCUT2D eigenvalue weighted by atomic mass is 19.1. The van der Waals surface area contributed by atoms with Crippen LogP contribution in [0.2, 0.25) is 0 Å². The van der Waals surface area contributed by atoms with Gasteiger partial charge in [-0.05, 0) is 42.0 Å². The number of pyridine rings is 1. The van der Waals surface area contributed by atoms with E-state index in [9.17, 15) is 14.3 Å². The second-order valence-corrected chi connectivity index (χ2v) is 6.66. The summed E-state index contributed by atoms with van der Waals surface area (Å²) in [6.07, 6.45) is 1.97. The number of carboxylic acid groups (broad SMARTS) is 1. The van der Waals surface area contributed by atoms with Crippen LogP contribution in [0, 0.1) is 5.82 Å². The maximum Gasteiger partial charge on any atom is 0.336 e. The first-order valence-electron chi connectivity index (χ1n) is 8.90. The second-order valence-electron chi connectivity index (χ2n) is 6.66. The van der Waals surface area contributed by atoms with Gasteiger partial charge in [0.1, 0.15) is 5.82 Å². The molecule has 1 aliphatic heterocycles. The quantitative estimate of drug-likeness (QED) is 0.748. The molecule has 1 aliphatic rings. The molecule has 3 aromatic rings. The molecule has 0 atom stereocenters. The van der Waals surface area contributed by atoms with E-state index in [0.717, 1.165) is 28.9 Å². The van der Waals surface area contributed by atoms with Crippen LogP contribution < -0.4 is 0 Å². The van der Waals surface area contributed by atoms with Gasteiger partial charge in [0.25, 0.3) is 0 Å². The molecule has 136 valence electrons. The fraction of sp³-hybridized carbons (Fsp3) is 0.182. The summed E-state index contributed by atoms with van der Waals surface area (Å²) >= 11 is 0. The molecule has 5 heteroatoms. The van der Waals surface area contributed by atoms with Gasteiger partial charge in [-0.1, -0.05) is 37.3 Å². The monoisotopic (exact) mass is 362 g/mol. The summed E-state index contributed by atoms with van der Waals surface area (Å²) in [5, 5.41) is 10.6. The fourth-order valence-electron chi connectivity index (χ4n) is 3.61. The molecule has 0 amide bonds. The minimum absolute atomic E-state index is 0.284. The number of halogens is 1. The molecule has 0 saturated carbocycles. The van der Waals surface area contributed by atoms with Crippen LogP contribution in [0.1, 0.15) is 34.1 Å². The minimum Gasteiger partial charge on any atom is -0.478 e. The summed E-state index contributed by atoms with van der Waals surface area (Å²) in [6.45, 7) is 4.07. The standard InChI is InChI=1S/C22H19FN2O2/c1-2-25-12-15(11-14-7-9-16(23)10-8-14)21-18(13-25)20(22(26)27)17-5-3-4-6-19(17)24-21/h3-11H,2,12-13H2,1H3,(H,26,27). The number of likely N-dealkylation sites (N-methyl/N-ethyl adjacent to an activating group) is 1. The predicted molar refractivity (Wildman–Crippen MR) is 104 cm³/mol. The number of rotatable bonds is 3. The number of hydrogen-bond donors (Lipinski definition) is 1. The zero-order valence-electron chi connectivity index (χ0n) is 14.9. The lowest BCUT2D eigenvalue weighted by atomic mass is 9.92. The first-order chi connectivity index (χ1) is 13.1. The Kier molecular flexibility index (Phi) is 4.46. The van der Waals surface area contributed by atoms with Crippen LogP contribution in [0.25, 0.3) is 22.6 Å². The van der Waals surface area contributed by atoms with E-state index in [2.05, 4.69) is 11.8 Å². The Morgan fingerprint density at radius 3 is 2.63 bits per heavy atom. The molecular formula is C22H19FN2O2. The number of aromatic carboxylic acids is 1.